The second kappa shape index (κ2) is 5.11. The van der Waals surface area contributed by atoms with Gasteiger partial charge in [0.1, 0.15) is 0 Å². The van der Waals surface area contributed by atoms with Gasteiger partial charge in [-0.1, -0.05) is 31.1 Å². The Bertz CT molecular complexity index is 276. The molecule has 0 spiro atoms. The van der Waals surface area contributed by atoms with Gasteiger partial charge in [0, 0.05) is 11.3 Å². The van der Waals surface area contributed by atoms with E-state index >= 15 is 0 Å². The lowest BCUT2D eigenvalue weighted by Crippen LogP contribution is -2.03. The highest BCUT2D eigenvalue weighted by Crippen LogP contribution is 2.22. The summed E-state index contributed by atoms with van der Waals surface area (Å²) in [6.45, 7) is 6.34. The topological polar surface area (TPSA) is 0 Å². The smallest absolute Gasteiger partial charge is 0.0240 e. The summed E-state index contributed by atoms with van der Waals surface area (Å²) in [7, 11) is 0. The van der Waals surface area contributed by atoms with Crippen molar-refractivity contribution in [3.8, 4) is 23.7 Å². The number of hydrogen-bond acceptors (Lipinski definition) is 0. The Morgan fingerprint density at radius 3 is 2.14 bits per heavy atom. The Hall–Kier alpha value is -0.880. The zero-order valence-corrected chi connectivity index (χ0v) is 9.61. The third-order valence-corrected chi connectivity index (χ3v) is 2.38. The van der Waals surface area contributed by atoms with Crippen molar-refractivity contribution in [3.05, 3.63) is 0 Å². The van der Waals surface area contributed by atoms with Gasteiger partial charge in [-0.3, -0.25) is 0 Å². The van der Waals surface area contributed by atoms with Gasteiger partial charge in [0.15, 0.2) is 0 Å². The second-order valence-corrected chi connectivity index (χ2v) is 5.10. The van der Waals surface area contributed by atoms with Crippen molar-refractivity contribution >= 4 is 0 Å². The summed E-state index contributed by atoms with van der Waals surface area (Å²) in [5.74, 6) is 13.0. The van der Waals surface area contributed by atoms with Crippen LogP contribution in [0.4, 0.5) is 0 Å². The molecule has 0 unspecified atom stereocenters. The lowest BCUT2D eigenvalue weighted by Gasteiger charge is -2.15. The average molecular weight is 188 g/mol. The molecule has 0 N–H and O–H groups in total. The molecule has 0 amide bonds. The van der Waals surface area contributed by atoms with E-state index in [0.29, 0.717) is 5.92 Å². The fourth-order valence-electron chi connectivity index (χ4n) is 1.60. The van der Waals surface area contributed by atoms with Crippen molar-refractivity contribution in [1.29, 1.82) is 0 Å². The summed E-state index contributed by atoms with van der Waals surface area (Å²) >= 11 is 0. The Labute approximate surface area is 88.5 Å². The van der Waals surface area contributed by atoms with E-state index in [2.05, 4.69) is 44.5 Å². The molecule has 1 fully saturated rings. The lowest BCUT2D eigenvalue weighted by atomic mass is 9.90. The molecule has 0 aliphatic heterocycles. The van der Waals surface area contributed by atoms with Crippen LogP contribution in [0.3, 0.4) is 0 Å². The van der Waals surface area contributed by atoms with Gasteiger partial charge in [-0.15, -0.1) is 0 Å². The molecule has 1 rings (SSSR count). The highest BCUT2D eigenvalue weighted by Gasteiger charge is 2.09. The molecule has 0 heteroatoms. The minimum Gasteiger partial charge on any atom is -0.0857 e. The van der Waals surface area contributed by atoms with Crippen LogP contribution in [0.15, 0.2) is 0 Å². The maximum Gasteiger partial charge on any atom is 0.0240 e. The summed E-state index contributed by atoms with van der Waals surface area (Å²) in [5.41, 5.74) is 0.0846. The van der Waals surface area contributed by atoms with Crippen LogP contribution >= 0.6 is 0 Å². The van der Waals surface area contributed by atoms with E-state index in [9.17, 15) is 0 Å². The zero-order chi connectivity index (χ0) is 10.4. The fourth-order valence-corrected chi connectivity index (χ4v) is 1.60. The molecular weight excluding hydrogens is 168 g/mol. The van der Waals surface area contributed by atoms with Crippen LogP contribution in [0.1, 0.15) is 52.9 Å². The molecule has 0 aromatic heterocycles. The van der Waals surface area contributed by atoms with Gasteiger partial charge in [0.25, 0.3) is 0 Å². The molecule has 0 saturated heterocycles. The minimum absolute atomic E-state index is 0.0846. The fraction of sp³-hybridized carbons (Fsp3) is 0.714. The van der Waals surface area contributed by atoms with E-state index in [4.69, 9.17) is 0 Å². The lowest BCUT2D eigenvalue weighted by molar-refractivity contribution is 0.430. The van der Waals surface area contributed by atoms with E-state index in [1.807, 2.05) is 0 Å². The molecule has 0 heterocycles. The van der Waals surface area contributed by atoms with Crippen LogP contribution in [0, 0.1) is 35.0 Å². The van der Waals surface area contributed by atoms with Gasteiger partial charge in [0.05, 0.1) is 0 Å². The number of rotatable bonds is 0. The number of hydrogen-bond donors (Lipinski definition) is 0. The maximum absolute atomic E-state index is 3.27. The second-order valence-electron chi connectivity index (χ2n) is 5.10. The van der Waals surface area contributed by atoms with Crippen LogP contribution in [-0.2, 0) is 0 Å². The quantitative estimate of drug-likeness (QED) is 0.509. The van der Waals surface area contributed by atoms with Gasteiger partial charge in [0.2, 0.25) is 0 Å². The first-order valence-corrected chi connectivity index (χ1v) is 5.61. The molecule has 0 bridgehead atoms. The average Bonchev–Trinajstić information content (AvgIpc) is 2.13. The van der Waals surface area contributed by atoms with Crippen molar-refractivity contribution in [1.82, 2.24) is 0 Å². The van der Waals surface area contributed by atoms with Crippen LogP contribution in [0.25, 0.3) is 0 Å². The third kappa shape index (κ3) is 4.98. The molecule has 1 aliphatic rings. The van der Waals surface area contributed by atoms with E-state index < -0.39 is 0 Å². The molecule has 1 saturated carbocycles. The first-order valence-electron chi connectivity index (χ1n) is 5.61. The van der Waals surface area contributed by atoms with Crippen molar-refractivity contribution < 1.29 is 0 Å². The first kappa shape index (κ1) is 11.2. The summed E-state index contributed by atoms with van der Waals surface area (Å²) in [6.07, 6.45) is 6.67. The van der Waals surface area contributed by atoms with E-state index in [1.54, 1.807) is 0 Å². The molecule has 0 aromatic carbocycles. The molecular formula is C14H20. The molecule has 0 nitrogen and oxygen atoms in total. The summed E-state index contributed by atoms with van der Waals surface area (Å²) in [5, 5.41) is 0. The maximum atomic E-state index is 3.27. The van der Waals surface area contributed by atoms with Gasteiger partial charge < -0.3 is 0 Å². The third-order valence-electron chi connectivity index (χ3n) is 2.38. The van der Waals surface area contributed by atoms with E-state index in [1.165, 1.54) is 32.1 Å². The Balaban J connectivity index is 2.41. The van der Waals surface area contributed by atoms with E-state index in [0.717, 1.165) is 0 Å². The molecule has 0 aromatic rings. The summed E-state index contributed by atoms with van der Waals surface area (Å²) in [4.78, 5) is 0. The van der Waals surface area contributed by atoms with Crippen LogP contribution in [0.5, 0.6) is 0 Å². The Morgan fingerprint density at radius 2 is 1.57 bits per heavy atom. The van der Waals surface area contributed by atoms with Crippen molar-refractivity contribution in [2.24, 2.45) is 11.3 Å². The summed E-state index contributed by atoms with van der Waals surface area (Å²) in [6, 6.07) is 0. The molecule has 76 valence electrons. The molecule has 14 heavy (non-hydrogen) atoms. The van der Waals surface area contributed by atoms with Crippen molar-refractivity contribution in [2.45, 2.75) is 52.9 Å². The molecule has 0 radical (unpaired) electrons. The zero-order valence-electron chi connectivity index (χ0n) is 9.61. The largest absolute Gasteiger partial charge is 0.0857 e. The highest BCUT2D eigenvalue weighted by molar-refractivity contribution is 5.28. The predicted octanol–water partition coefficient (Wildman–Crippen LogP) is 3.62. The molecule has 0 atom stereocenters. The normalized spacial score (nSPS) is 17.6. The standard InChI is InChI=1S/C14H20/c1-14(2,3)12-8-7-11-13-9-5-4-6-10-13/h13H,4-6,9-10H2,1-3H3. The van der Waals surface area contributed by atoms with Crippen molar-refractivity contribution in [2.75, 3.05) is 0 Å². The van der Waals surface area contributed by atoms with Crippen LogP contribution < -0.4 is 0 Å². The van der Waals surface area contributed by atoms with Gasteiger partial charge in [-0.2, -0.15) is 0 Å². The van der Waals surface area contributed by atoms with Gasteiger partial charge in [-0.25, -0.2) is 0 Å². The van der Waals surface area contributed by atoms with Crippen LogP contribution in [-0.4, -0.2) is 0 Å². The van der Waals surface area contributed by atoms with Crippen molar-refractivity contribution in [3.63, 3.8) is 0 Å². The highest BCUT2D eigenvalue weighted by atomic mass is 14.1. The Kier molecular flexibility index (Phi) is 4.09. The first-order chi connectivity index (χ1) is 6.58. The monoisotopic (exact) mass is 188 g/mol. The van der Waals surface area contributed by atoms with Gasteiger partial charge in [-0.05, 0) is 45.5 Å². The SMILES string of the molecule is CC(C)(C)C#CC#CC1CCCCC1. The van der Waals surface area contributed by atoms with Crippen LogP contribution in [0.2, 0.25) is 0 Å². The predicted molar refractivity (Wildman–Crippen MR) is 61.6 cm³/mol. The summed E-state index contributed by atoms with van der Waals surface area (Å²) < 4.78 is 0. The van der Waals surface area contributed by atoms with E-state index in [-0.39, 0.29) is 5.41 Å². The Morgan fingerprint density at radius 1 is 0.929 bits per heavy atom. The minimum atomic E-state index is 0.0846. The van der Waals surface area contributed by atoms with Gasteiger partial charge >= 0.3 is 0 Å². The molecule has 1 aliphatic carbocycles.